The molecule has 0 bridgehead atoms. The topological polar surface area (TPSA) is 35.2 Å². The van der Waals surface area contributed by atoms with Gasteiger partial charge in [-0.3, -0.25) is 0 Å². The number of benzene rings is 1. The van der Waals surface area contributed by atoms with E-state index in [1.54, 1.807) is 13.0 Å². The van der Waals surface area contributed by atoms with E-state index in [0.717, 1.165) is 6.07 Å². The molecule has 0 aliphatic carbocycles. The molecule has 0 spiro atoms. The zero-order chi connectivity index (χ0) is 13.1. The fourth-order valence-corrected chi connectivity index (χ4v) is 1.68. The molecule has 2 N–H and O–H groups in total. The molecule has 0 aliphatic heterocycles. The Balaban J connectivity index is 3.13. The van der Waals surface area contributed by atoms with Crippen LogP contribution in [0.25, 0.3) is 0 Å². The van der Waals surface area contributed by atoms with E-state index in [1.807, 2.05) is 0 Å². The maximum atomic E-state index is 12.8. The van der Waals surface area contributed by atoms with Crippen molar-refractivity contribution in [2.45, 2.75) is 25.1 Å². The lowest BCUT2D eigenvalue weighted by atomic mass is 9.86. The molecule has 0 aromatic heterocycles. The van der Waals surface area contributed by atoms with Crippen LogP contribution in [0.5, 0.6) is 0 Å². The highest BCUT2D eigenvalue weighted by Gasteiger charge is 2.37. The minimum atomic E-state index is -4.38. The molecule has 0 radical (unpaired) electrons. The molecular weight excluding hydrogens is 231 g/mol. The molecule has 0 amide bonds. The molecule has 1 aromatic rings. The van der Waals surface area contributed by atoms with Crippen LogP contribution in [0.15, 0.2) is 24.3 Å². The molecule has 0 heterocycles. The number of hydrogen-bond acceptors (Lipinski definition) is 2. The lowest BCUT2D eigenvalue weighted by Crippen LogP contribution is -2.36. The first kappa shape index (κ1) is 14.0. The van der Waals surface area contributed by atoms with Crippen molar-refractivity contribution in [2.24, 2.45) is 5.73 Å². The number of methoxy groups -OCH3 is 1. The Bertz CT molecular complexity index is 374. The quantitative estimate of drug-likeness (QED) is 0.887. The van der Waals surface area contributed by atoms with Crippen molar-refractivity contribution in [1.82, 2.24) is 0 Å². The van der Waals surface area contributed by atoms with Crippen LogP contribution in [-0.2, 0) is 16.5 Å². The third kappa shape index (κ3) is 3.44. The summed E-state index contributed by atoms with van der Waals surface area (Å²) >= 11 is 0. The second-order valence-corrected chi connectivity index (χ2v) is 4.20. The lowest BCUT2D eigenvalue weighted by Gasteiger charge is -2.28. The molecular formula is C12H16F3NO. The molecule has 1 unspecified atom stereocenters. The van der Waals surface area contributed by atoms with Crippen molar-refractivity contribution in [1.29, 1.82) is 0 Å². The monoisotopic (exact) mass is 247 g/mol. The van der Waals surface area contributed by atoms with Gasteiger partial charge in [-0.1, -0.05) is 18.2 Å². The first-order chi connectivity index (χ1) is 7.79. The molecule has 0 aliphatic rings. The summed E-state index contributed by atoms with van der Waals surface area (Å²) < 4.78 is 43.3. The van der Waals surface area contributed by atoms with Crippen LogP contribution < -0.4 is 5.73 Å². The van der Waals surface area contributed by atoms with Crippen LogP contribution in [0.2, 0.25) is 0 Å². The highest BCUT2D eigenvalue weighted by Crippen LogP contribution is 2.36. The van der Waals surface area contributed by atoms with Crippen molar-refractivity contribution < 1.29 is 17.9 Å². The van der Waals surface area contributed by atoms with Gasteiger partial charge in [0.15, 0.2) is 0 Å². The Kier molecular flexibility index (Phi) is 4.16. The van der Waals surface area contributed by atoms with Crippen LogP contribution in [0.1, 0.15) is 24.5 Å². The summed E-state index contributed by atoms with van der Waals surface area (Å²) in [5, 5.41) is 0. The van der Waals surface area contributed by atoms with E-state index < -0.39 is 17.3 Å². The second-order valence-electron chi connectivity index (χ2n) is 4.20. The van der Waals surface area contributed by atoms with Gasteiger partial charge in [0, 0.05) is 19.3 Å². The number of nitrogens with two attached hydrogens (primary N) is 1. The Hall–Kier alpha value is -1.07. The van der Waals surface area contributed by atoms with Crippen molar-refractivity contribution in [2.75, 3.05) is 13.7 Å². The Morgan fingerprint density at radius 3 is 2.18 bits per heavy atom. The minimum absolute atomic E-state index is 0.101. The maximum absolute atomic E-state index is 12.8. The highest BCUT2D eigenvalue weighted by molar-refractivity contribution is 5.35. The predicted octanol–water partition coefficient (Wildman–Crippen LogP) is 2.92. The van der Waals surface area contributed by atoms with Crippen LogP contribution >= 0.6 is 0 Å². The molecule has 0 saturated carbocycles. The smallest absolute Gasteiger partial charge is 0.385 e. The van der Waals surface area contributed by atoms with Gasteiger partial charge in [-0.25, -0.2) is 0 Å². The first-order valence-electron chi connectivity index (χ1n) is 5.23. The standard InChI is InChI=1S/C12H16F3NO/c1-11(16,7-8-17-2)9-5-3-4-6-10(9)12(13,14)15/h3-6H,7-8,16H2,1-2H3. The Labute approximate surface area is 98.6 Å². The number of alkyl halides is 3. The fourth-order valence-electron chi connectivity index (χ4n) is 1.68. The van der Waals surface area contributed by atoms with E-state index in [4.69, 9.17) is 10.5 Å². The molecule has 1 aromatic carbocycles. The molecule has 1 rings (SSSR count). The van der Waals surface area contributed by atoms with Gasteiger partial charge >= 0.3 is 6.18 Å². The van der Waals surface area contributed by atoms with Crippen molar-refractivity contribution >= 4 is 0 Å². The lowest BCUT2D eigenvalue weighted by molar-refractivity contribution is -0.138. The summed E-state index contributed by atoms with van der Waals surface area (Å²) in [6.07, 6.45) is -4.05. The van der Waals surface area contributed by atoms with E-state index in [0.29, 0.717) is 13.0 Å². The van der Waals surface area contributed by atoms with E-state index >= 15 is 0 Å². The summed E-state index contributed by atoms with van der Waals surface area (Å²) in [6.45, 7) is 1.90. The van der Waals surface area contributed by atoms with Crippen molar-refractivity contribution in [3.05, 3.63) is 35.4 Å². The number of rotatable bonds is 4. The van der Waals surface area contributed by atoms with E-state index in [9.17, 15) is 13.2 Å². The first-order valence-corrected chi connectivity index (χ1v) is 5.23. The third-order valence-corrected chi connectivity index (χ3v) is 2.67. The van der Waals surface area contributed by atoms with Gasteiger partial charge in [-0.05, 0) is 25.0 Å². The summed E-state index contributed by atoms with van der Waals surface area (Å²) in [5.41, 5.74) is 4.31. The molecule has 5 heteroatoms. The number of halogens is 3. The summed E-state index contributed by atoms with van der Waals surface area (Å²) in [4.78, 5) is 0. The average molecular weight is 247 g/mol. The maximum Gasteiger partial charge on any atom is 0.416 e. The third-order valence-electron chi connectivity index (χ3n) is 2.67. The van der Waals surface area contributed by atoms with E-state index in [2.05, 4.69) is 0 Å². The normalized spacial score (nSPS) is 15.6. The van der Waals surface area contributed by atoms with Crippen LogP contribution in [0, 0.1) is 0 Å². The highest BCUT2D eigenvalue weighted by atomic mass is 19.4. The predicted molar refractivity (Wildman–Crippen MR) is 59.5 cm³/mol. The zero-order valence-corrected chi connectivity index (χ0v) is 9.84. The van der Waals surface area contributed by atoms with Gasteiger partial charge in [0.2, 0.25) is 0 Å². The minimum Gasteiger partial charge on any atom is -0.385 e. The SMILES string of the molecule is COCCC(C)(N)c1ccccc1C(F)(F)F. The summed E-state index contributed by atoms with van der Waals surface area (Å²) in [6, 6.07) is 5.38. The Morgan fingerprint density at radius 2 is 1.71 bits per heavy atom. The Morgan fingerprint density at radius 1 is 1.18 bits per heavy atom. The molecule has 0 fully saturated rings. The zero-order valence-electron chi connectivity index (χ0n) is 9.84. The molecule has 96 valence electrons. The van der Waals surface area contributed by atoms with Gasteiger partial charge in [0.25, 0.3) is 0 Å². The largest absolute Gasteiger partial charge is 0.416 e. The molecule has 17 heavy (non-hydrogen) atoms. The van der Waals surface area contributed by atoms with E-state index in [-0.39, 0.29) is 5.56 Å². The van der Waals surface area contributed by atoms with Gasteiger partial charge < -0.3 is 10.5 Å². The molecule has 1 atom stereocenters. The molecule has 0 saturated heterocycles. The van der Waals surface area contributed by atoms with Crippen LogP contribution in [0.3, 0.4) is 0 Å². The summed E-state index contributed by atoms with van der Waals surface area (Å²) in [5.74, 6) is 0. The number of hydrogen-bond donors (Lipinski definition) is 1. The van der Waals surface area contributed by atoms with Gasteiger partial charge in [-0.15, -0.1) is 0 Å². The van der Waals surface area contributed by atoms with Gasteiger partial charge in [0.1, 0.15) is 0 Å². The summed E-state index contributed by atoms with van der Waals surface area (Å²) in [7, 11) is 1.49. The van der Waals surface area contributed by atoms with Crippen molar-refractivity contribution in [3.63, 3.8) is 0 Å². The number of ether oxygens (including phenoxy) is 1. The van der Waals surface area contributed by atoms with Gasteiger partial charge in [0.05, 0.1) is 5.56 Å². The van der Waals surface area contributed by atoms with Gasteiger partial charge in [-0.2, -0.15) is 13.2 Å². The average Bonchev–Trinajstić information content (AvgIpc) is 2.25. The van der Waals surface area contributed by atoms with Crippen molar-refractivity contribution in [3.8, 4) is 0 Å². The van der Waals surface area contributed by atoms with E-state index in [1.165, 1.54) is 19.2 Å². The fraction of sp³-hybridized carbons (Fsp3) is 0.500. The van der Waals surface area contributed by atoms with Crippen LogP contribution in [0.4, 0.5) is 13.2 Å². The van der Waals surface area contributed by atoms with Crippen LogP contribution in [-0.4, -0.2) is 13.7 Å². The molecule has 2 nitrogen and oxygen atoms in total. The second kappa shape index (κ2) is 5.06.